The minimum Gasteiger partial charge on any atom is -0.372 e. The van der Waals surface area contributed by atoms with E-state index >= 15 is 0 Å². The Bertz CT molecular complexity index is 453. The number of terminal acetylenes is 1. The molecule has 122 valence electrons. The molecule has 0 amide bonds. The van der Waals surface area contributed by atoms with Gasteiger partial charge < -0.3 is 15.5 Å². The van der Waals surface area contributed by atoms with E-state index in [4.69, 9.17) is 6.42 Å². The van der Waals surface area contributed by atoms with Crippen molar-refractivity contribution < 1.29 is 0 Å². The fourth-order valence-electron chi connectivity index (χ4n) is 2.04. The number of nitrogens with one attached hydrogen (secondary N) is 2. The molecule has 0 atom stereocenters. The number of halogens is 1. The summed E-state index contributed by atoms with van der Waals surface area (Å²) in [7, 11) is 0. The molecule has 22 heavy (non-hydrogen) atoms. The lowest BCUT2D eigenvalue weighted by Crippen LogP contribution is -2.37. The predicted octanol–water partition coefficient (Wildman–Crippen LogP) is 2.71. The van der Waals surface area contributed by atoms with Crippen LogP contribution in [0.1, 0.15) is 20.3 Å². The van der Waals surface area contributed by atoms with Crippen LogP contribution in [0.25, 0.3) is 0 Å². The van der Waals surface area contributed by atoms with Crippen molar-refractivity contribution in [3.05, 3.63) is 30.3 Å². The SMILES string of the molecule is C#CCNC(=NCCCN(CC)c1ccccc1)NCC.I. The van der Waals surface area contributed by atoms with E-state index in [2.05, 4.69) is 57.6 Å². The van der Waals surface area contributed by atoms with Gasteiger partial charge in [-0.3, -0.25) is 4.99 Å². The lowest BCUT2D eigenvalue weighted by molar-refractivity contribution is 0.747. The van der Waals surface area contributed by atoms with Gasteiger partial charge >= 0.3 is 0 Å². The Labute approximate surface area is 151 Å². The third-order valence-corrected chi connectivity index (χ3v) is 3.06. The summed E-state index contributed by atoms with van der Waals surface area (Å²) in [6.07, 6.45) is 6.26. The van der Waals surface area contributed by atoms with Crippen molar-refractivity contribution in [2.75, 3.05) is 37.6 Å². The Kier molecular flexibility index (Phi) is 12.4. The third kappa shape index (κ3) is 8.13. The van der Waals surface area contributed by atoms with Crippen molar-refractivity contribution >= 4 is 35.6 Å². The lowest BCUT2D eigenvalue weighted by atomic mass is 10.2. The first kappa shape index (κ1) is 20.6. The van der Waals surface area contributed by atoms with Gasteiger partial charge in [0.15, 0.2) is 5.96 Å². The summed E-state index contributed by atoms with van der Waals surface area (Å²) in [4.78, 5) is 6.88. The molecule has 2 N–H and O–H groups in total. The number of hydrogen-bond acceptors (Lipinski definition) is 2. The summed E-state index contributed by atoms with van der Waals surface area (Å²) in [5.41, 5.74) is 1.27. The molecular formula is C17H27IN4. The van der Waals surface area contributed by atoms with E-state index in [1.165, 1.54) is 5.69 Å². The van der Waals surface area contributed by atoms with E-state index in [0.29, 0.717) is 6.54 Å². The van der Waals surface area contributed by atoms with Crippen LogP contribution in [0.3, 0.4) is 0 Å². The number of benzene rings is 1. The van der Waals surface area contributed by atoms with Gasteiger partial charge in [0.05, 0.1) is 6.54 Å². The van der Waals surface area contributed by atoms with E-state index in [1.54, 1.807) is 0 Å². The largest absolute Gasteiger partial charge is 0.372 e. The molecule has 0 aliphatic heterocycles. The number of hydrogen-bond donors (Lipinski definition) is 2. The van der Waals surface area contributed by atoms with Crippen LogP contribution in [-0.2, 0) is 0 Å². The summed E-state index contributed by atoms with van der Waals surface area (Å²) < 4.78 is 0. The monoisotopic (exact) mass is 414 g/mol. The third-order valence-electron chi connectivity index (χ3n) is 3.06. The average Bonchev–Trinajstić information content (AvgIpc) is 2.53. The van der Waals surface area contributed by atoms with Gasteiger partial charge in [0.25, 0.3) is 0 Å². The highest BCUT2D eigenvalue weighted by atomic mass is 127. The van der Waals surface area contributed by atoms with Crippen LogP contribution in [0.15, 0.2) is 35.3 Å². The van der Waals surface area contributed by atoms with Crippen LogP contribution in [0.4, 0.5) is 5.69 Å². The van der Waals surface area contributed by atoms with Crippen molar-refractivity contribution in [3.63, 3.8) is 0 Å². The maximum absolute atomic E-state index is 5.25. The molecular weight excluding hydrogens is 387 g/mol. The van der Waals surface area contributed by atoms with Crippen LogP contribution >= 0.6 is 24.0 Å². The van der Waals surface area contributed by atoms with Gasteiger partial charge in [0, 0.05) is 31.9 Å². The fourth-order valence-corrected chi connectivity index (χ4v) is 2.04. The highest BCUT2D eigenvalue weighted by Crippen LogP contribution is 2.12. The quantitative estimate of drug-likeness (QED) is 0.226. The number of anilines is 1. The zero-order valence-electron chi connectivity index (χ0n) is 13.5. The van der Waals surface area contributed by atoms with Gasteiger partial charge in [-0.2, -0.15) is 0 Å². The molecule has 0 aliphatic carbocycles. The smallest absolute Gasteiger partial charge is 0.192 e. The van der Waals surface area contributed by atoms with E-state index < -0.39 is 0 Å². The summed E-state index contributed by atoms with van der Waals surface area (Å²) in [6.45, 7) is 8.33. The molecule has 4 nitrogen and oxygen atoms in total. The first-order chi connectivity index (χ1) is 10.3. The second-order valence-corrected chi connectivity index (χ2v) is 4.59. The normalized spacial score (nSPS) is 10.3. The minimum atomic E-state index is 0. The molecule has 0 radical (unpaired) electrons. The van der Waals surface area contributed by atoms with Gasteiger partial charge in [-0.1, -0.05) is 24.1 Å². The molecule has 0 fully saturated rings. The molecule has 5 heteroatoms. The first-order valence-corrected chi connectivity index (χ1v) is 7.57. The molecule has 0 saturated carbocycles. The van der Waals surface area contributed by atoms with Crippen LogP contribution in [0, 0.1) is 12.3 Å². The van der Waals surface area contributed by atoms with Crippen LogP contribution < -0.4 is 15.5 Å². The van der Waals surface area contributed by atoms with E-state index in [9.17, 15) is 0 Å². The molecule has 0 heterocycles. The van der Waals surface area contributed by atoms with Crippen molar-refractivity contribution in [2.24, 2.45) is 4.99 Å². The van der Waals surface area contributed by atoms with Crippen LogP contribution in [0.2, 0.25) is 0 Å². The van der Waals surface area contributed by atoms with Gasteiger partial charge in [0.2, 0.25) is 0 Å². The zero-order valence-corrected chi connectivity index (χ0v) is 15.8. The Morgan fingerprint density at radius 1 is 1.23 bits per heavy atom. The summed E-state index contributed by atoms with van der Waals surface area (Å²) in [5.74, 6) is 3.35. The van der Waals surface area contributed by atoms with Gasteiger partial charge in [-0.05, 0) is 32.4 Å². The number of nitrogens with zero attached hydrogens (tertiary/aromatic N) is 2. The molecule has 1 rings (SSSR count). The zero-order chi connectivity index (χ0) is 15.3. The molecule has 0 aliphatic rings. The molecule has 0 spiro atoms. The molecule has 0 aromatic heterocycles. The average molecular weight is 414 g/mol. The van der Waals surface area contributed by atoms with Crippen LogP contribution in [-0.4, -0.2) is 38.7 Å². The number of aliphatic imine (C=N–C) groups is 1. The van der Waals surface area contributed by atoms with Gasteiger partial charge in [-0.15, -0.1) is 30.4 Å². The maximum atomic E-state index is 5.25. The van der Waals surface area contributed by atoms with Gasteiger partial charge in [-0.25, -0.2) is 0 Å². The van der Waals surface area contributed by atoms with Crippen molar-refractivity contribution in [2.45, 2.75) is 20.3 Å². The van der Waals surface area contributed by atoms with Crippen molar-refractivity contribution in [3.8, 4) is 12.3 Å². The highest BCUT2D eigenvalue weighted by Gasteiger charge is 2.02. The Morgan fingerprint density at radius 3 is 2.55 bits per heavy atom. The molecule has 1 aromatic rings. The predicted molar refractivity (Wildman–Crippen MR) is 107 cm³/mol. The number of para-hydroxylation sites is 1. The topological polar surface area (TPSA) is 39.7 Å². The Morgan fingerprint density at radius 2 is 1.95 bits per heavy atom. The first-order valence-electron chi connectivity index (χ1n) is 7.57. The van der Waals surface area contributed by atoms with E-state index in [1.807, 2.05) is 13.0 Å². The highest BCUT2D eigenvalue weighted by molar-refractivity contribution is 14.0. The minimum absolute atomic E-state index is 0. The fraction of sp³-hybridized carbons (Fsp3) is 0.471. The van der Waals surface area contributed by atoms with E-state index in [0.717, 1.165) is 38.6 Å². The molecule has 0 bridgehead atoms. The van der Waals surface area contributed by atoms with E-state index in [-0.39, 0.29) is 24.0 Å². The molecule has 0 saturated heterocycles. The lowest BCUT2D eigenvalue weighted by Gasteiger charge is -2.22. The Balaban J connectivity index is 0.00000441. The van der Waals surface area contributed by atoms with Crippen molar-refractivity contribution in [1.82, 2.24) is 10.6 Å². The standard InChI is InChI=1S/C17H26N4.HI/c1-4-13-19-17(18-5-2)20-14-10-15-21(6-3)16-11-8-7-9-12-16;/h1,7-9,11-12H,5-6,10,13-15H2,2-3H3,(H2,18,19,20);1H. The second kappa shape index (κ2) is 13.3. The van der Waals surface area contributed by atoms with Crippen LogP contribution in [0.5, 0.6) is 0 Å². The summed E-state index contributed by atoms with van der Waals surface area (Å²) >= 11 is 0. The molecule has 0 unspecified atom stereocenters. The summed E-state index contributed by atoms with van der Waals surface area (Å²) in [6, 6.07) is 10.5. The van der Waals surface area contributed by atoms with Gasteiger partial charge in [0.1, 0.15) is 0 Å². The Hall–Kier alpha value is -1.42. The summed E-state index contributed by atoms with van der Waals surface area (Å²) in [5, 5.41) is 6.27. The second-order valence-electron chi connectivity index (χ2n) is 4.59. The molecule has 1 aromatic carbocycles. The maximum Gasteiger partial charge on any atom is 0.192 e. The van der Waals surface area contributed by atoms with Crippen molar-refractivity contribution in [1.29, 1.82) is 0 Å². The number of guanidine groups is 1. The number of rotatable bonds is 8.